The molecule has 0 aromatic rings. The zero-order valence-corrected chi connectivity index (χ0v) is 13.7. The van der Waals surface area contributed by atoms with Crippen LogP contribution in [-0.4, -0.2) is 70.1 Å². The number of carbonyl (C=O) groups is 1. The van der Waals surface area contributed by atoms with Crippen LogP contribution in [0.4, 0.5) is 0 Å². The van der Waals surface area contributed by atoms with Crippen LogP contribution in [0.1, 0.15) is 39.5 Å². The minimum atomic E-state index is -1.45. The fourth-order valence-corrected chi connectivity index (χ4v) is 3.33. The Morgan fingerprint density at radius 2 is 1.96 bits per heavy atom. The number of hydrogen-bond donors (Lipinski definition) is 4. The maximum Gasteiger partial charge on any atom is 0.186 e. The molecule has 1 aliphatic heterocycles. The van der Waals surface area contributed by atoms with E-state index in [1.54, 1.807) is 0 Å². The fourth-order valence-electron chi connectivity index (χ4n) is 3.33. The first-order valence-corrected chi connectivity index (χ1v) is 8.19. The first-order valence-electron chi connectivity index (χ1n) is 8.19. The van der Waals surface area contributed by atoms with Crippen molar-refractivity contribution in [2.45, 2.75) is 70.2 Å². The monoisotopic (exact) mass is 332 g/mol. The molecule has 7 unspecified atom stereocenters. The highest BCUT2D eigenvalue weighted by atomic mass is 16.7. The molecule has 0 bridgehead atoms. The van der Waals surface area contributed by atoms with E-state index in [1.165, 1.54) is 0 Å². The molecule has 2 rings (SSSR count). The van der Waals surface area contributed by atoms with Gasteiger partial charge in [-0.3, -0.25) is 4.79 Å². The van der Waals surface area contributed by atoms with Gasteiger partial charge in [-0.25, -0.2) is 0 Å². The first-order chi connectivity index (χ1) is 10.8. The quantitative estimate of drug-likeness (QED) is 0.517. The lowest BCUT2D eigenvalue weighted by Gasteiger charge is -2.41. The Bertz CT molecular complexity index is 413. The van der Waals surface area contributed by atoms with Crippen molar-refractivity contribution in [3.63, 3.8) is 0 Å². The van der Waals surface area contributed by atoms with Gasteiger partial charge in [-0.2, -0.15) is 0 Å². The maximum absolute atomic E-state index is 12.0. The SMILES string of the molecule is CC1CCC(C)(COC2OC(CO)C(O)C(O)C2O)CC(=O)C1. The highest BCUT2D eigenvalue weighted by molar-refractivity contribution is 5.79. The van der Waals surface area contributed by atoms with Gasteiger partial charge in [0.05, 0.1) is 13.2 Å². The molecule has 0 spiro atoms. The molecular weight excluding hydrogens is 304 g/mol. The van der Waals surface area contributed by atoms with E-state index in [-0.39, 0.29) is 17.8 Å². The summed E-state index contributed by atoms with van der Waals surface area (Å²) in [5, 5.41) is 38.7. The molecule has 1 saturated carbocycles. The topological polar surface area (TPSA) is 116 Å². The van der Waals surface area contributed by atoms with Crippen molar-refractivity contribution in [3.8, 4) is 0 Å². The van der Waals surface area contributed by atoms with E-state index in [2.05, 4.69) is 6.92 Å². The van der Waals surface area contributed by atoms with Gasteiger partial charge in [-0.15, -0.1) is 0 Å². The van der Waals surface area contributed by atoms with Crippen molar-refractivity contribution in [3.05, 3.63) is 0 Å². The first kappa shape index (κ1) is 18.8. The third kappa shape index (κ3) is 4.49. The van der Waals surface area contributed by atoms with Crippen molar-refractivity contribution in [2.75, 3.05) is 13.2 Å². The smallest absolute Gasteiger partial charge is 0.186 e. The van der Waals surface area contributed by atoms with Crippen molar-refractivity contribution in [2.24, 2.45) is 11.3 Å². The molecule has 134 valence electrons. The van der Waals surface area contributed by atoms with Crippen LogP contribution in [0.5, 0.6) is 0 Å². The van der Waals surface area contributed by atoms with Crippen LogP contribution in [0.25, 0.3) is 0 Å². The van der Waals surface area contributed by atoms with E-state index in [0.717, 1.165) is 12.8 Å². The van der Waals surface area contributed by atoms with E-state index in [1.807, 2.05) is 6.92 Å². The third-order valence-corrected chi connectivity index (χ3v) is 4.89. The highest BCUT2D eigenvalue weighted by Gasteiger charge is 2.45. The summed E-state index contributed by atoms with van der Waals surface area (Å²) < 4.78 is 10.9. The Labute approximate surface area is 136 Å². The summed E-state index contributed by atoms with van der Waals surface area (Å²) in [5.41, 5.74) is -0.347. The lowest BCUT2D eigenvalue weighted by atomic mass is 9.83. The zero-order valence-electron chi connectivity index (χ0n) is 13.7. The molecule has 7 atom stereocenters. The second kappa shape index (κ2) is 7.55. The fraction of sp³-hybridized carbons (Fsp3) is 0.938. The summed E-state index contributed by atoms with van der Waals surface area (Å²) in [4.78, 5) is 12.0. The highest BCUT2D eigenvalue weighted by Crippen LogP contribution is 2.36. The number of carbonyl (C=O) groups excluding carboxylic acids is 1. The minimum Gasteiger partial charge on any atom is -0.394 e. The van der Waals surface area contributed by atoms with Crippen molar-refractivity contribution < 1.29 is 34.7 Å². The second-order valence-corrected chi connectivity index (χ2v) is 7.38. The summed E-state index contributed by atoms with van der Waals surface area (Å²) >= 11 is 0. The van der Waals surface area contributed by atoms with Gasteiger partial charge in [-0.05, 0) is 24.2 Å². The summed E-state index contributed by atoms with van der Waals surface area (Å²) in [5.74, 6) is 0.562. The molecule has 0 aromatic carbocycles. The Hall–Kier alpha value is -0.570. The Morgan fingerprint density at radius 1 is 1.26 bits per heavy atom. The van der Waals surface area contributed by atoms with E-state index < -0.39 is 37.3 Å². The number of Topliss-reactive ketones (excluding diaryl/α,β-unsaturated/α-hetero) is 1. The third-order valence-electron chi connectivity index (χ3n) is 4.89. The maximum atomic E-state index is 12.0. The molecule has 4 N–H and O–H groups in total. The van der Waals surface area contributed by atoms with Crippen LogP contribution in [0.2, 0.25) is 0 Å². The molecule has 1 aliphatic carbocycles. The number of hydrogen-bond acceptors (Lipinski definition) is 7. The number of aliphatic hydroxyl groups excluding tert-OH is 4. The van der Waals surface area contributed by atoms with Gasteiger partial charge in [0.15, 0.2) is 6.29 Å². The number of aliphatic hydroxyl groups is 4. The summed E-state index contributed by atoms with van der Waals surface area (Å²) in [6.07, 6.45) is -3.63. The average molecular weight is 332 g/mol. The number of ether oxygens (including phenoxy) is 2. The largest absolute Gasteiger partial charge is 0.394 e. The van der Waals surface area contributed by atoms with Crippen LogP contribution in [-0.2, 0) is 14.3 Å². The normalized spacial score (nSPS) is 45.7. The number of rotatable bonds is 4. The van der Waals surface area contributed by atoms with E-state index >= 15 is 0 Å². The van der Waals surface area contributed by atoms with Crippen molar-refractivity contribution in [1.82, 2.24) is 0 Å². The van der Waals surface area contributed by atoms with Crippen LogP contribution in [0, 0.1) is 11.3 Å². The van der Waals surface area contributed by atoms with Gasteiger partial charge >= 0.3 is 0 Å². The molecule has 2 fully saturated rings. The van der Waals surface area contributed by atoms with Gasteiger partial charge in [0.1, 0.15) is 30.2 Å². The van der Waals surface area contributed by atoms with Crippen LogP contribution >= 0.6 is 0 Å². The molecule has 2 aliphatic rings. The second-order valence-electron chi connectivity index (χ2n) is 7.38. The summed E-state index contributed by atoms with van der Waals surface area (Å²) in [6.45, 7) is 3.74. The van der Waals surface area contributed by atoms with Crippen molar-refractivity contribution >= 4 is 5.78 Å². The predicted octanol–water partition coefficient (Wildman–Crippen LogP) is -0.412. The van der Waals surface area contributed by atoms with Crippen molar-refractivity contribution in [1.29, 1.82) is 0 Å². The molecule has 23 heavy (non-hydrogen) atoms. The summed E-state index contributed by atoms with van der Waals surface area (Å²) in [7, 11) is 0. The van der Waals surface area contributed by atoms with Crippen LogP contribution < -0.4 is 0 Å². The van der Waals surface area contributed by atoms with E-state index in [9.17, 15) is 25.2 Å². The Kier molecular flexibility index (Phi) is 6.16. The number of ketones is 1. The lowest BCUT2D eigenvalue weighted by molar-refractivity contribution is -0.306. The molecule has 0 aromatic heterocycles. The van der Waals surface area contributed by atoms with Gasteiger partial charge in [0.25, 0.3) is 0 Å². The standard InChI is InChI=1S/C16H28O7/c1-9-3-4-16(2,6-10(18)5-9)8-22-15-14(21)13(20)12(19)11(7-17)23-15/h9,11-15,17,19-21H,3-8H2,1-2H3. The Balaban J connectivity index is 1.97. The lowest BCUT2D eigenvalue weighted by Crippen LogP contribution is -2.59. The molecule has 0 amide bonds. The molecule has 7 heteroatoms. The minimum absolute atomic E-state index is 0.203. The van der Waals surface area contributed by atoms with Gasteiger partial charge in [0, 0.05) is 12.8 Å². The van der Waals surface area contributed by atoms with Gasteiger partial charge in [-0.1, -0.05) is 13.8 Å². The molecular formula is C16H28O7. The van der Waals surface area contributed by atoms with Crippen LogP contribution in [0.3, 0.4) is 0 Å². The average Bonchev–Trinajstić information content (AvgIpc) is 2.62. The van der Waals surface area contributed by atoms with E-state index in [4.69, 9.17) is 9.47 Å². The molecule has 1 saturated heterocycles. The molecule has 7 nitrogen and oxygen atoms in total. The molecule has 1 heterocycles. The van der Waals surface area contributed by atoms with E-state index in [0.29, 0.717) is 18.8 Å². The summed E-state index contributed by atoms with van der Waals surface area (Å²) in [6, 6.07) is 0. The Morgan fingerprint density at radius 3 is 2.61 bits per heavy atom. The van der Waals surface area contributed by atoms with Gasteiger partial charge < -0.3 is 29.9 Å². The zero-order chi connectivity index (χ0) is 17.2. The molecule has 0 radical (unpaired) electrons. The predicted molar refractivity (Wildman–Crippen MR) is 80.5 cm³/mol. The van der Waals surface area contributed by atoms with Gasteiger partial charge in [0.2, 0.25) is 0 Å². The van der Waals surface area contributed by atoms with Crippen LogP contribution in [0.15, 0.2) is 0 Å².